The molecule has 0 saturated heterocycles. The molecule has 0 aromatic heterocycles. The van der Waals surface area contributed by atoms with Gasteiger partial charge in [-0.25, -0.2) is 0 Å². The van der Waals surface area contributed by atoms with Crippen molar-refractivity contribution in [3.05, 3.63) is 0 Å². The van der Waals surface area contributed by atoms with Gasteiger partial charge in [0.25, 0.3) is 0 Å². The average Bonchev–Trinajstić information content (AvgIpc) is 2.09. The minimum Gasteiger partial charge on any atom is -0.417 e. The van der Waals surface area contributed by atoms with Crippen LogP contribution in [0.5, 0.6) is 0 Å². The SMILES string of the molecule is CC(C)(C)[Si](C)(C)OCCCOCCBr. The van der Waals surface area contributed by atoms with Crippen LogP contribution in [0.15, 0.2) is 0 Å². The third kappa shape index (κ3) is 6.71. The van der Waals surface area contributed by atoms with E-state index in [-0.39, 0.29) is 0 Å². The van der Waals surface area contributed by atoms with Crippen molar-refractivity contribution in [2.45, 2.75) is 45.3 Å². The second-order valence-electron chi connectivity index (χ2n) is 5.26. The Morgan fingerprint density at radius 1 is 1.07 bits per heavy atom. The fourth-order valence-electron chi connectivity index (χ4n) is 0.861. The molecular weight excluding hydrogens is 272 g/mol. The van der Waals surface area contributed by atoms with Crippen LogP contribution >= 0.6 is 15.9 Å². The van der Waals surface area contributed by atoms with Gasteiger partial charge >= 0.3 is 0 Å². The Labute approximate surface area is 104 Å². The van der Waals surface area contributed by atoms with Gasteiger partial charge in [-0.1, -0.05) is 36.7 Å². The second-order valence-corrected chi connectivity index (χ2v) is 10.9. The number of alkyl halides is 1. The summed E-state index contributed by atoms with van der Waals surface area (Å²) < 4.78 is 11.4. The van der Waals surface area contributed by atoms with Gasteiger partial charge in [0.1, 0.15) is 0 Å². The first-order valence-corrected chi connectivity index (χ1v) is 9.62. The van der Waals surface area contributed by atoms with Crippen LogP contribution in [0.25, 0.3) is 0 Å². The summed E-state index contributed by atoms with van der Waals surface area (Å²) in [7, 11) is -1.54. The smallest absolute Gasteiger partial charge is 0.191 e. The molecule has 0 aromatic carbocycles. The van der Waals surface area contributed by atoms with Crippen LogP contribution < -0.4 is 0 Å². The molecule has 4 heteroatoms. The molecular formula is C11H25BrO2Si. The van der Waals surface area contributed by atoms with Crippen molar-refractivity contribution in [1.29, 1.82) is 0 Å². The fourth-order valence-corrected chi connectivity index (χ4v) is 2.18. The molecule has 0 amide bonds. The van der Waals surface area contributed by atoms with E-state index in [0.717, 1.165) is 31.6 Å². The maximum atomic E-state index is 6.02. The standard InChI is InChI=1S/C11H25BrO2Si/c1-11(2,3)15(4,5)14-9-6-8-13-10-7-12/h6-10H2,1-5H3. The second kappa shape index (κ2) is 7.04. The van der Waals surface area contributed by atoms with Crippen LogP contribution in [-0.2, 0) is 9.16 Å². The summed E-state index contributed by atoms with van der Waals surface area (Å²) in [5.74, 6) is 0. The quantitative estimate of drug-likeness (QED) is 0.404. The van der Waals surface area contributed by atoms with Crippen LogP contribution in [-0.4, -0.2) is 33.5 Å². The Balaban J connectivity index is 3.58. The first kappa shape index (κ1) is 15.6. The van der Waals surface area contributed by atoms with E-state index in [0.29, 0.717) is 5.04 Å². The molecule has 0 spiro atoms. The summed E-state index contributed by atoms with van der Waals surface area (Å²) >= 11 is 3.33. The maximum absolute atomic E-state index is 6.02. The molecule has 0 rings (SSSR count). The van der Waals surface area contributed by atoms with Gasteiger partial charge in [0.2, 0.25) is 0 Å². The van der Waals surface area contributed by atoms with E-state index in [1.807, 2.05) is 0 Å². The highest BCUT2D eigenvalue weighted by molar-refractivity contribution is 9.09. The number of hydrogen-bond donors (Lipinski definition) is 0. The maximum Gasteiger partial charge on any atom is 0.191 e. The van der Waals surface area contributed by atoms with Crippen molar-refractivity contribution in [2.75, 3.05) is 25.2 Å². The van der Waals surface area contributed by atoms with Crippen LogP contribution in [0, 0.1) is 0 Å². The monoisotopic (exact) mass is 296 g/mol. The molecule has 0 aromatic rings. The summed E-state index contributed by atoms with van der Waals surface area (Å²) in [5.41, 5.74) is 0. The van der Waals surface area contributed by atoms with Crippen molar-refractivity contribution in [1.82, 2.24) is 0 Å². The van der Waals surface area contributed by atoms with Crippen LogP contribution in [0.4, 0.5) is 0 Å². The Hall–Kier alpha value is 0.617. The molecule has 0 saturated carbocycles. The van der Waals surface area contributed by atoms with Gasteiger partial charge in [0.05, 0.1) is 6.61 Å². The van der Waals surface area contributed by atoms with Gasteiger partial charge in [-0.2, -0.15) is 0 Å². The summed E-state index contributed by atoms with van der Waals surface area (Å²) in [6.45, 7) is 13.8. The lowest BCUT2D eigenvalue weighted by atomic mass is 10.2. The predicted octanol–water partition coefficient (Wildman–Crippen LogP) is 3.81. The van der Waals surface area contributed by atoms with E-state index in [1.165, 1.54) is 0 Å². The van der Waals surface area contributed by atoms with Crippen molar-refractivity contribution >= 4 is 24.2 Å². The first-order chi connectivity index (χ1) is 6.81. The van der Waals surface area contributed by atoms with Crippen molar-refractivity contribution in [3.8, 4) is 0 Å². The lowest BCUT2D eigenvalue weighted by Crippen LogP contribution is -2.41. The Bertz CT molecular complexity index is 166. The van der Waals surface area contributed by atoms with Crippen molar-refractivity contribution in [2.24, 2.45) is 0 Å². The molecule has 0 heterocycles. The fraction of sp³-hybridized carbons (Fsp3) is 1.00. The van der Waals surface area contributed by atoms with E-state index < -0.39 is 8.32 Å². The molecule has 0 aliphatic rings. The third-order valence-electron chi connectivity index (χ3n) is 2.92. The van der Waals surface area contributed by atoms with Gasteiger partial charge in [-0.05, 0) is 24.6 Å². The Morgan fingerprint density at radius 2 is 1.67 bits per heavy atom. The van der Waals surface area contributed by atoms with E-state index in [1.54, 1.807) is 0 Å². The van der Waals surface area contributed by atoms with Gasteiger partial charge < -0.3 is 9.16 Å². The molecule has 0 N–H and O–H groups in total. The molecule has 0 bridgehead atoms. The number of rotatable bonds is 7. The van der Waals surface area contributed by atoms with Gasteiger partial charge in [0.15, 0.2) is 8.32 Å². The highest BCUT2D eigenvalue weighted by Gasteiger charge is 2.36. The van der Waals surface area contributed by atoms with Crippen molar-refractivity contribution < 1.29 is 9.16 Å². The molecule has 0 atom stereocenters. The minimum atomic E-state index is -1.54. The summed E-state index contributed by atoms with van der Waals surface area (Å²) in [5, 5.41) is 1.22. The molecule has 0 aliphatic carbocycles. The lowest BCUT2D eigenvalue weighted by Gasteiger charge is -2.36. The Kier molecular flexibility index (Phi) is 7.33. The zero-order valence-electron chi connectivity index (χ0n) is 10.7. The minimum absolute atomic E-state index is 0.309. The average molecular weight is 297 g/mol. The van der Waals surface area contributed by atoms with Crippen LogP contribution in [0.1, 0.15) is 27.2 Å². The molecule has 15 heavy (non-hydrogen) atoms. The highest BCUT2D eigenvalue weighted by Crippen LogP contribution is 2.36. The Morgan fingerprint density at radius 3 is 2.13 bits per heavy atom. The van der Waals surface area contributed by atoms with Crippen molar-refractivity contribution in [3.63, 3.8) is 0 Å². The summed E-state index contributed by atoms with van der Waals surface area (Å²) in [6, 6.07) is 0. The normalized spacial score (nSPS) is 13.2. The summed E-state index contributed by atoms with van der Waals surface area (Å²) in [6.07, 6.45) is 1.000. The van der Waals surface area contributed by atoms with E-state index in [4.69, 9.17) is 9.16 Å². The molecule has 0 aliphatic heterocycles. The topological polar surface area (TPSA) is 18.5 Å². The zero-order chi connectivity index (χ0) is 11.9. The highest BCUT2D eigenvalue weighted by atomic mass is 79.9. The third-order valence-corrected chi connectivity index (χ3v) is 7.79. The molecule has 0 radical (unpaired) electrons. The van der Waals surface area contributed by atoms with Gasteiger partial charge in [0, 0.05) is 18.5 Å². The van der Waals surface area contributed by atoms with E-state index >= 15 is 0 Å². The number of ether oxygens (including phenoxy) is 1. The zero-order valence-corrected chi connectivity index (χ0v) is 13.3. The van der Waals surface area contributed by atoms with Crippen LogP contribution in [0.3, 0.4) is 0 Å². The van der Waals surface area contributed by atoms with E-state index in [2.05, 4.69) is 49.8 Å². The molecule has 2 nitrogen and oxygen atoms in total. The molecule has 0 unspecified atom stereocenters. The van der Waals surface area contributed by atoms with Gasteiger partial charge in [-0.15, -0.1) is 0 Å². The number of halogens is 1. The van der Waals surface area contributed by atoms with Crippen LogP contribution in [0.2, 0.25) is 18.1 Å². The lowest BCUT2D eigenvalue weighted by molar-refractivity contribution is 0.131. The molecule has 92 valence electrons. The first-order valence-electron chi connectivity index (χ1n) is 5.59. The summed E-state index contributed by atoms with van der Waals surface area (Å²) in [4.78, 5) is 0. The largest absolute Gasteiger partial charge is 0.417 e. The number of hydrogen-bond acceptors (Lipinski definition) is 2. The van der Waals surface area contributed by atoms with E-state index in [9.17, 15) is 0 Å². The van der Waals surface area contributed by atoms with Gasteiger partial charge in [-0.3, -0.25) is 0 Å². The molecule has 0 fully saturated rings. The predicted molar refractivity (Wildman–Crippen MR) is 72.4 cm³/mol.